The quantitative estimate of drug-likeness (QED) is 0.508. The van der Waals surface area contributed by atoms with Gasteiger partial charge in [-0.25, -0.2) is 0 Å². The molecular formula is C22H23N3. The molecule has 2 aromatic heterocycles. The molecular weight excluding hydrogens is 306 g/mol. The summed E-state index contributed by atoms with van der Waals surface area (Å²) in [5.74, 6) is 0. The van der Waals surface area contributed by atoms with Gasteiger partial charge in [0.1, 0.15) is 0 Å². The summed E-state index contributed by atoms with van der Waals surface area (Å²) in [5, 5.41) is 3.82. The van der Waals surface area contributed by atoms with Crippen LogP contribution >= 0.6 is 0 Å². The average Bonchev–Trinajstić information content (AvgIpc) is 3.02. The summed E-state index contributed by atoms with van der Waals surface area (Å²) < 4.78 is 0. The van der Waals surface area contributed by atoms with Gasteiger partial charge in [0.25, 0.3) is 0 Å². The third kappa shape index (κ3) is 2.92. The van der Waals surface area contributed by atoms with Gasteiger partial charge in [-0.05, 0) is 55.3 Å². The maximum Gasteiger partial charge on any atom is 0.0867 e. The molecule has 0 saturated carbocycles. The van der Waals surface area contributed by atoms with Crippen LogP contribution in [0.15, 0.2) is 54.7 Å². The maximum atomic E-state index is 5.70. The number of pyridine rings is 1. The fraction of sp³-hybridized carbons (Fsp3) is 0.227. The van der Waals surface area contributed by atoms with Gasteiger partial charge in [0.05, 0.1) is 16.9 Å². The SMILES string of the molecule is Cc1ccc(-c2[nH]c3c(ccc4ccccc43)c2CCCCN)nc1. The Kier molecular flexibility index (Phi) is 4.24. The summed E-state index contributed by atoms with van der Waals surface area (Å²) in [6, 6.07) is 17.2. The fourth-order valence-electron chi connectivity index (χ4n) is 3.53. The molecule has 25 heavy (non-hydrogen) atoms. The minimum absolute atomic E-state index is 0.739. The first-order valence-corrected chi connectivity index (χ1v) is 8.93. The predicted molar refractivity (Wildman–Crippen MR) is 106 cm³/mol. The average molecular weight is 329 g/mol. The molecule has 0 spiro atoms. The molecule has 2 heterocycles. The molecule has 4 rings (SSSR count). The molecule has 0 amide bonds. The van der Waals surface area contributed by atoms with Crippen molar-refractivity contribution in [1.82, 2.24) is 9.97 Å². The lowest BCUT2D eigenvalue weighted by Crippen LogP contribution is -1.99. The van der Waals surface area contributed by atoms with Crippen molar-refractivity contribution in [2.45, 2.75) is 26.2 Å². The summed E-state index contributed by atoms with van der Waals surface area (Å²) in [5.41, 5.74) is 11.6. The smallest absolute Gasteiger partial charge is 0.0867 e. The van der Waals surface area contributed by atoms with E-state index in [9.17, 15) is 0 Å². The van der Waals surface area contributed by atoms with E-state index in [-0.39, 0.29) is 0 Å². The van der Waals surface area contributed by atoms with E-state index in [4.69, 9.17) is 5.73 Å². The van der Waals surface area contributed by atoms with Gasteiger partial charge in [-0.15, -0.1) is 0 Å². The van der Waals surface area contributed by atoms with Gasteiger partial charge in [0.2, 0.25) is 0 Å². The Morgan fingerprint density at radius 2 is 1.84 bits per heavy atom. The number of aromatic nitrogens is 2. The number of benzene rings is 2. The van der Waals surface area contributed by atoms with Crippen LogP contribution in [0.2, 0.25) is 0 Å². The van der Waals surface area contributed by atoms with Crippen molar-refractivity contribution in [2.75, 3.05) is 6.54 Å². The van der Waals surface area contributed by atoms with Crippen molar-refractivity contribution >= 4 is 21.7 Å². The Morgan fingerprint density at radius 1 is 0.960 bits per heavy atom. The number of hydrogen-bond donors (Lipinski definition) is 2. The highest BCUT2D eigenvalue weighted by atomic mass is 14.8. The molecule has 0 unspecified atom stereocenters. The molecule has 0 bridgehead atoms. The van der Waals surface area contributed by atoms with E-state index in [1.165, 1.54) is 32.8 Å². The summed E-state index contributed by atoms with van der Waals surface area (Å²) in [6.07, 6.45) is 5.08. The second-order valence-electron chi connectivity index (χ2n) is 6.65. The highest BCUT2D eigenvalue weighted by molar-refractivity contribution is 6.08. The Morgan fingerprint density at radius 3 is 2.64 bits per heavy atom. The van der Waals surface area contributed by atoms with Crippen LogP contribution in [-0.4, -0.2) is 16.5 Å². The zero-order valence-corrected chi connectivity index (χ0v) is 14.5. The van der Waals surface area contributed by atoms with Gasteiger partial charge in [-0.1, -0.05) is 42.5 Å². The van der Waals surface area contributed by atoms with Crippen molar-refractivity contribution in [2.24, 2.45) is 5.73 Å². The Labute approximate surface area is 147 Å². The van der Waals surface area contributed by atoms with Crippen LogP contribution in [0.1, 0.15) is 24.0 Å². The van der Waals surface area contributed by atoms with E-state index in [1.54, 1.807) is 0 Å². The number of nitrogens with zero attached hydrogens (tertiary/aromatic N) is 1. The van der Waals surface area contributed by atoms with Crippen molar-refractivity contribution < 1.29 is 0 Å². The zero-order valence-electron chi connectivity index (χ0n) is 14.5. The van der Waals surface area contributed by atoms with E-state index >= 15 is 0 Å². The van der Waals surface area contributed by atoms with Gasteiger partial charge in [0, 0.05) is 17.0 Å². The van der Waals surface area contributed by atoms with Gasteiger partial charge in [-0.3, -0.25) is 4.98 Å². The minimum atomic E-state index is 0.739. The lowest BCUT2D eigenvalue weighted by molar-refractivity contribution is 0.748. The first kappa shape index (κ1) is 15.9. The van der Waals surface area contributed by atoms with Gasteiger partial charge in [-0.2, -0.15) is 0 Å². The van der Waals surface area contributed by atoms with Crippen LogP contribution in [-0.2, 0) is 6.42 Å². The van der Waals surface area contributed by atoms with Crippen LogP contribution < -0.4 is 5.73 Å². The number of nitrogens with two attached hydrogens (primary N) is 1. The second-order valence-corrected chi connectivity index (χ2v) is 6.65. The molecule has 2 aromatic carbocycles. The summed E-state index contributed by atoms with van der Waals surface area (Å²) in [7, 11) is 0. The molecule has 0 aliphatic rings. The lowest BCUT2D eigenvalue weighted by Gasteiger charge is -2.05. The van der Waals surface area contributed by atoms with E-state index < -0.39 is 0 Å². The topological polar surface area (TPSA) is 54.7 Å². The fourth-order valence-corrected chi connectivity index (χ4v) is 3.53. The Balaban J connectivity index is 1.94. The number of unbranched alkanes of at least 4 members (excludes halogenated alkanes) is 1. The van der Waals surface area contributed by atoms with Gasteiger partial charge in [0.15, 0.2) is 0 Å². The van der Waals surface area contributed by atoms with Crippen molar-refractivity contribution in [1.29, 1.82) is 0 Å². The van der Waals surface area contributed by atoms with Crippen LogP contribution in [0.4, 0.5) is 0 Å². The predicted octanol–water partition coefficient (Wildman–Crippen LogP) is 4.97. The first-order valence-electron chi connectivity index (χ1n) is 8.93. The van der Waals surface area contributed by atoms with Crippen LogP contribution in [0.25, 0.3) is 33.1 Å². The summed E-state index contributed by atoms with van der Waals surface area (Å²) in [6.45, 7) is 2.81. The zero-order chi connectivity index (χ0) is 17.2. The number of nitrogens with one attached hydrogen (secondary N) is 1. The third-order valence-corrected chi connectivity index (χ3v) is 4.85. The number of fused-ring (bicyclic) bond motifs is 3. The monoisotopic (exact) mass is 329 g/mol. The normalized spacial score (nSPS) is 11.4. The molecule has 3 N–H and O–H groups in total. The molecule has 3 nitrogen and oxygen atoms in total. The van der Waals surface area contributed by atoms with E-state index in [1.807, 2.05) is 6.20 Å². The largest absolute Gasteiger partial charge is 0.353 e. The minimum Gasteiger partial charge on any atom is -0.353 e. The van der Waals surface area contributed by atoms with Crippen LogP contribution in [0.3, 0.4) is 0 Å². The molecule has 3 heteroatoms. The molecule has 126 valence electrons. The van der Waals surface area contributed by atoms with Crippen molar-refractivity contribution in [3.63, 3.8) is 0 Å². The van der Waals surface area contributed by atoms with E-state index in [0.717, 1.165) is 37.2 Å². The highest BCUT2D eigenvalue weighted by Crippen LogP contribution is 2.34. The standard InChI is InChI=1S/C22H23N3/c1-15-9-12-20(24-14-15)22-18(8-4-5-13-23)19-11-10-16-6-2-3-7-17(16)21(19)25-22/h2-3,6-7,9-12,14,25H,4-5,8,13,23H2,1H3. The molecule has 0 atom stereocenters. The van der Waals surface area contributed by atoms with E-state index in [2.05, 4.69) is 65.4 Å². The first-order chi connectivity index (χ1) is 12.3. The Bertz CT molecular complexity index is 1010. The second kappa shape index (κ2) is 6.69. The van der Waals surface area contributed by atoms with Crippen LogP contribution in [0.5, 0.6) is 0 Å². The summed E-state index contributed by atoms with van der Waals surface area (Å²) >= 11 is 0. The molecule has 0 fully saturated rings. The van der Waals surface area contributed by atoms with Crippen molar-refractivity contribution in [3.05, 3.63) is 65.9 Å². The maximum absolute atomic E-state index is 5.70. The number of aromatic amines is 1. The Hall–Kier alpha value is -2.65. The third-order valence-electron chi connectivity index (χ3n) is 4.85. The number of rotatable bonds is 5. The molecule has 0 saturated heterocycles. The van der Waals surface area contributed by atoms with Gasteiger partial charge < -0.3 is 10.7 Å². The van der Waals surface area contributed by atoms with Crippen molar-refractivity contribution in [3.8, 4) is 11.4 Å². The summed E-state index contributed by atoms with van der Waals surface area (Å²) in [4.78, 5) is 8.33. The number of aryl methyl sites for hydroxylation is 2. The number of hydrogen-bond acceptors (Lipinski definition) is 2. The molecule has 0 radical (unpaired) electrons. The molecule has 0 aliphatic carbocycles. The lowest BCUT2D eigenvalue weighted by atomic mass is 10.00. The number of H-pyrrole nitrogens is 1. The highest BCUT2D eigenvalue weighted by Gasteiger charge is 2.15. The van der Waals surface area contributed by atoms with E-state index in [0.29, 0.717) is 0 Å². The van der Waals surface area contributed by atoms with Crippen LogP contribution in [0, 0.1) is 6.92 Å². The molecule has 0 aliphatic heterocycles. The van der Waals surface area contributed by atoms with Gasteiger partial charge >= 0.3 is 0 Å². The molecule has 4 aromatic rings.